The molecule has 0 atom stereocenters. The van der Waals surface area contributed by atoms with Crippen LogP contribution in [0.1, 0.15) is 26.3 Å². The zero-order chi connectivity index (χ0) is 10.1. The summed E-state index contributed by atoms with van der Waals surface area (Å²) in [5.41, 5.74) is 1.29. The SMILES string of the molecule is COc1cc(C(C)(C)C)cnc1Br. The number of nitrogens with zero attached hydrogens (tertiary/aromatic N) is 1. The third-order valence-electron chi connectivity index (χ3n) is 1.89. The van der Waals surface area contributed by atoms with Crippen molar-refractivity contribution in [3.8, 4) is 5.75 Å². The predicted octanol–water partition coefficient (Wildman–Crippen LogP) is 3.15. The van der Waals surface area contributed by atoms with Gasteiger partial charge in [-0.25, -0.2) is 4.98 Å². The molecule has 0 bridgehead atoms. The molecule has 1 aromatic rings. The van der Waals surface area contributed by atoms with Gasteiger partial charge in [0.05, 0.1) is 7.11 Å². The maximum absolute atomic E-state index is 5.17. The number of hydrogen-bond acceptors (Lipinski definition) is 2. The molecule has 0 N–H and O–H groups in total. The number of pyridine rings is 1. The average Bonchev–Trinajstić information content (AvgIpc) is 2.03. The van der Waals surface area contributed by atoms with E-state index in [1.165, 1.54) is 5.56 Å². The first-order chi connectivity index (χ1) is 5.95. The zero-order valence-corrected chi connectivity index (χ0v) is 9.97. The Kier molecular flexibility index (Phi) is 2.96. The molecule has 0 saturated carbocycles. The van der Waals surface area contributed by atoms with E-state index in [0.717, 1.165) is 10.4 Å². The van der Waals surface area contributed by atoms with Gasteiger partial charge in [-0.15, -0.1) is 0 Å². The quantitative estimate of drug-likeness (QED) is 0.708. The van der Waals surface area contributed by atoms with Crippen LogP contribution in [0.2, 0.25) is 0 Å². The summed E-state index contributed by atoms with van der Waals surface area (Å²) in [6, 6.07) is 2.01. The second kappa shape index (κ2) is 3.66. The van der Waals surface area contributed by atoms with Gasteiger partial charge in [-0.2, -0.15) is 0 Å². The molecule has 0 spiro atoms. The van der Waals surface area contributed by atoms with E-state index >= 15 is 0 Å². The second-order valence-corrected chi connectivity index (χ2v) is 4.72. The number of halogens is 1. The maximum atomic E-state index is 5.17. The van der Waals surface area contributed by atoms with E-state index < -0.39 is 0 Å². The summed E-state index contributed by atoms with van der Waals surface area (Å²) in [7, 11) is 1.65. The molecule has 0 aromatic carbocycles. The van der Waals surface area contributed by atoms with Gasteiger partial charge in [-0.3, -0.25) is 0 Å². The molecule has 72 valence electrons. The number of hydrogen-bond donors (Lipinski definition) is 0. The number of methoxy groups -OCH3 is 1. The van der Waals surface area contributed by atoms with Gasteiger partial charge in [0.2, 0.25) is 0 Å². The summed E-state index contributed by atoms with van der Waals surface area (Å²) in [6.45, 7) is 6.45. The van der Waals surface area contributed by atoms with Crippen LogP contribution in [0, 0.1) is 0 Å². The molecule has 0 aliphatic carbocycles. The lowest BCUT2D eigenvalue weighted by Gasteiger charge is -2.19. The maximum Gasteiger partial charge on any atom is 0.151 e. The highest BCUT2D eigenvalue weighted by atomic mass is 79.9. The van der Waals surface area contributed by atoms with Crippen molar-refractivity contribution in [2.75, 3.05) is 7.11 Å². The molecule has 0 aliphatic rings. The van der Waals surface area contributed by atoms with Gasteiger partial charge in [0.25, 0.3) is 0 Å². The van der Waals surface area contributed by atoms with Gasteiger partial charge < -0.3 is 4.74 Å². The molecule has 1 rings (SSSR count). The Bertz CT molecular complexity index is 304. The van der Waals surface area contributed by atoms with Crippen molar-refractivity contribution in [2.45, 2.75) is 26.2 Å². The van der Waals surface area contributed by atoms with Crippen molar-refractivity contribution in [3.63, 3.8) is 0 Å². The molecule has 13 heavy (non-hydrogen) atoms. The van der Waals surface area contributed by atoms with E-state index in [0.29, 0.717) is 0 Å². The third-order valence-corrected chi connectivity index (χ3v) is 2.49. The Labute approximate surface area is 87.5 Å². The van der Waals surface area contributed by atoms with E-state index in [4.69, 9.17) is 4.74 Å². The molecular formula is C10H14BrNO. The van der Waals surface area contributed by atoms with Gasteiger partial charge in [0.1, 0.15) is 4.60 Å². The highest BCUT2D eigenvalue weighted by Gasteiger charge is 2.15. The summed E-state index contributed by atoms with van der Waals surface area (Å²) >= 11 is 3.32. The summed E-state index contributed by atoms with van der Waals surface area (Å²) < 4.78 is 5.92. The molecule has 0 amide bonds. The Balaban J connectivity index is 3.14. The fraction of sp³-hybridized carbons (Fsp3) is 0.500. The topological polar surface area (TPSA) is 22.1 Å². The van der Waals surface area contributed by atoms with Crippen LogP contribution in [-0.2, 0) is 5.41 Å². The summed E-state index contributed by atoms with van der Waals surface area (Å²) in [4.78, 5) is 4.21. The van der Waals surface area contributed by atoms with Gasteiger partial charge >= 0.3 is 0 Å². The minimum Gasteiger partial charge on any atom is -0.494 e. The second-order valence-electron chi connectivity index (χ2n) is 3.97. The number of aromatic nitrogens is 1. The normalized spacial score (nSPS) is 11.5. The number of rotatable bonds is 1. The largest absolute Gasteiger partial charge is 0.494 e. The van der Waals surface area contributed by atoms with E-state index in [-0.39, 0.29) is 5.41 Å². The fourth-order valence-electron chi connectivity index (χ4n) is 0.981. The third kappa shape index (κ3) is 2.44. The predicted molar refractivity (Wildman–Crippen MR) is 57.2 cm³/mol. The molecule has 0 fully saturated rings. The molecule has 1 aromatic heterocycles. The van der Waals surface area contributed by atoms with Crippen molar-refractivity contribution in [1.82, 2.24) is 4.98 Å². The van der Waals surface area contributed by atoms with Crippen LogP contribution in [0.5, 0.6) is 5.75 Å². The van der Waals surface area contributed by atoms with Gasteiger partial charge in [-0.05, 0) is 33.0 Å². The highest BCUT2D eigenvalue weighted by molar-refractivity contribution is 9.10. The van der Waals surface area contributed by atoms with Crippen LogP contribution < -0.4 is 4.74 Å². The fourth-order valence-corrected chi connectivity index (χ4v) is 1.36. The van der Waals surface area contributed by atoms with Crippen LogP contribution in [0.25, 0.3) is 0 Å². The Morgan fingerprint density at radius 3 is 2.46 bits per heavy atom. The molecular weight excluding hydrogens is 230 g/mol. The lowest BCUT2D eigenvalue weighted by atomic mass is 9.88. The standard InChI is InChI=1S/C10H14BrNO/c1-10(2,3)7-5-8(13-4)9(11)12-6-7/h5-6H,1-4H3. The van der Waals surface area contributed by atoms with Crippen molar-refractivity contribution in [3.05, 3.63) is 22.4 Å². The molecule has 1 heterocycles. The first-order valence-corrected chi connectivity index (χ1v) is 4.94. The van der Waals surface area contributed by atoms with Crippen LogP contribution in [0.4, 0.5) is 0 Å². The monoisotopic (exact) mass is 243 g/mol. The van der Waals surface area contributed by atoms with Crippen molar-refractivity contribution >= 4 is 15.9 Å². The molecule has 0 saturated heterocycles. The molecule has 2 nitrogen and oxygen atoms in total. The van der Waals surface area contributed by atoms with Crippen LogP contribution in [-0.4, -0.2) is 12.1 Å². The van der Waals surface area contributed by atoms with Gasteiger partial charge in [0, 0.05) is 6.20 Å². The van der Waals surface area contributed by atoms with Crippen molar-refractivity contribution < 1.29 is 4.74 Å². The summed E-state index contributed by atoms with van der Waals surface area (Å²) in [5.74, 6) is 0.785. The van der Waals surface area contributed by atoms with Crippen LogP contribution in [0.3, 0.4) is 0 Å². The van der Waals surface area contributed by atoms with E-state index in [2.05, 4.69) is 41.7 Å². The smallest absolute Gasteiger partial charge is 0.151 e. The minimum atomic E-state index is 0.112. The molecule has 0 aliphatic heterocycles. The van der Waals surface area contributed by atoms with E-state index in [1.54, 1.807) is 7.11 Å². The molecule has 3 heteroatoms. The van der Waals surface area contributed by atoms with E-state index in [9.17, 15) is 0 Å². The molecule has 0 unspecified atom stereocenters. The zero-order valence-electron chi connectivity index (χ0n) is 8.39. The first kappa shape index (κ1) is 10.5. The van der Waals surface area contributed by atoms with Gasteiger partial charge in [0.15, 0.2) is 5.75 Å². The Morgan fingerprint density at radius 2 is 2.00 bits per heavy atom. The van der Waals surface area contributed by atoms with Crippen molar-refractivity contribution in [1.29, 1.82) is 0 Å². The number of ether oxygens (including phenoxy) is 1. The Hall–Kier alpha value is -0.570. The minimum absolute atomic E-state index is 0.112. The Morgan fingerprint density at radius 1 is 1.38 bits per heavy atom. The van der Waals surface area contributed by atoms with Crippen molar-refractivity contribution in [2.24, 2.45) is 0 Å². The summed E-state index contributed by atoms with van der Waals surface area (Å²) in [6.07, 6.45) is 1.87. The van der Waals surface area contributed by atoms with Crippen LogP contribution >= 0.6 is 15.9 Å². The van der Waals surface area contributed by atoms with Gasteiger partial charge in [-0.1, -0.05) is 20.8 Å². The van der Waals surface area contributed by atoms with E-state index in [1.807, 2.05) is 12.3 Å². The first-order valence-electron chi connectivity index (χ1n) is 4.15. The highest BCUT2D eigenvalue weighted by Crippen LogP contribution is 2.29. The lowest BCUT2D eigenvalue weighted by Crippen LogP contribution is -2.11. The average molecular weight is 244 g/mol. The lowest BCUT2D eigenvalue weighted by molar-refractivity contribution is 0.407. The molecule has 0 radical (unpaired) electrons. The van der Waals surface area contributed by atoms with Crippen LogP contribution in [0.15, 0.2) is 16.9 Å². The summed E-state index contributed by atoms with van der Waals surface area (Å²) in [5, 5.41) is 0.